The van der Waals surface area contributed by atoms with Crippen LogP contribution >= 0.6 is 0 Å². The van der Waals surface area contributed by atoms with Crippen LogP contribution in [-0.2, 0) is 4.79 Å². The standard InChI is InChI=1S/C16H26N2O2/c1-12(2)15(10-11-19)18-16(20)9-8-14(17)13-6-4-3-5-7-13/h3-7,12,14-15,19H,8-11,17H2,1-2H3,(H,18,20). The van der Waals surface area contributed by atoms with Crippen molar-refractivity contribution in [3.63, 3.8) is 0 Å². The van der Waals surface area contributed by atoms with E-state index in [1.54, 1.807) is 0 Å². The van der Waals surface area contributed by atoms with Crippen molar-refractivity contribution in [3.8, 4) is 0 Å². The molecule has 2 unspecified atom stereocenters. The van der Waals surface area contributed by atoms with Gasteiger partial charge in [-0.3, -0.25) is 4.79 Å². The van der Waals surface area contributed by atoms with Crippen LogP contribution < -0.4 is 11.1 Å². The van der Waals surface area contributed by atoms with Gasteiger partial charge < -0.3 is 16.2 Å². The number of carbonyl (C=O) groups is 1. The Balaban J connectivity index is 2.39. The number of rotatable bonds is 8. The third-order valence-corrected chi connectivity index (χ3v) is 3.50. The summed E-state index contributed by atoms with van der Waals surface area (Å²) in [6.07, 6.45) is 1.62. The van der Waals surface area contributed by atoms with Crippen LogP contribution in [0.15, 0.2) is 30.3 Å². The number of hydrogen-bond acceptors (Lipinski definition) is 3. The van der Waals surface area contributed by atoms with Gasteiger partial charge in [-0.2, -0.15) is 0 Å². The van der Waals surface area contributed by atoms with E-state index in [0.29, 0.717) is 25.2 Å². The fourth-order valence-electron chi connectivity index (χ4n) is 2.14. The molecule has 1 aromatic carbocycles. The quantitative estimate of drug-likeness (QED) is 0.680. The van der Waals surface area contributed by atoms with Gasteiger partial charge in [0, 0.05) is 25.1 Å². The van der Waals surface area contributed by atoms with Gasteiger partial charge >= 0.3 is 0 Å². The number of aliphatic hydroxyl groups excluding tert-OH is 1. The number of amides is 1. The Morgan fingerprint density at radius 1 is 1.25 bits per heavy atom. The Morgan fingerprint density at radius 3 is 2.45 bits per heavy atom. The van der Waals surface area contributed by atoms with E-state index in [0.717, 1.165) is 5.56 Å². The smallest absolute Gasteiger partial charge is 0.220 e. The van der Waals surface area contributed by atoms with Gasteiger partial charge in [-0.05, 0) is 24.3 Å². The van der Waals surface area contributed by atoms with Gasteiger partial charge in [0.25, 0.3) is 0 Å². The fraction of sp³-hybridized carbons (Fsp3) is 0.562. The summed E-state index contributed by atoms with van der Waals surface area (Å²) in [7, 11) is 0. The van der Waals surface area contributed by atoms with E-state index in [4.69, 9.17) is 10.8 Å². The summed E-state index contributed by atoms with van der Waals surface area (Å²) in [5.41, 5.74) is 7.12. The van der Waals surface area contributed by atoms with Crippen LogP contribution in [0.3, 0.4) is 0 Å². The van der Waals surface area contributed by atoms with Gasteiger partial charge in [0.1, 0.15) is 0 Å². The molecular formula is C16H26N2O2. The molecule has 0 heterocycles. The average Bonchev–Trinajstić information content (AvgIpc) is 2.45. The van der Waals surface area contributed by atoms with Gasteiger partial charge in [0.2, 0.25) is 5.91 Å². The van der Waals surface area contributed by atoms with E-state index >= 15 is 0 Å². The largest absolute Gasteiger partial charge is 0.396 e. The van der Waals surface area contributed by atoms with Crippen LogP contribution in [0.2, 0.25) is 0 Å². The zero-order valence-electron chi connectivity index (χ0n) is 12.4. The third-order valence-electron chi connectivity index (χ3n) is 3.50. The van der Waals surface area contributed by atoms with E-state index in [-0.39, 0.29) is 24.6 Å². The highest BCUT2D eigenvalue weighted by Gasteiger charge is 2.16. The molecule has 0 saturated heterocycles. The van der Waals surface area contributed by atoms with Crippen LogP contribution in [0.25, 0.3) is 0 Å². The number of nitrogens with one attached hydrogen (secondary N) is 1. The molecule has 4 N–H and O–H groups in total. The van der Waals surface area contributed by atoms with E-state index < -0.39 is 0 Å². The predicted molar refractivity (Wildman–Crippen MR) is 81.1 cm³/mol. The lowest BCUT2D eigenvalue weighted by atomic mass is 10.00. The molecule has 0 saturated carbocycles. The molecule has 4 nitrogen and oxygen atoms in total. The summed E-state index contributed by atoms with van der Waals surface area (Å²) in [5.74, 6) is 0.317. The van der Waals surface area contributed by atoms with Gasteiger partial charge in [0.05, 0.1) is 0 Å². The topological polar surface area (TPSA) is 75.3 Å². The molecular weight excluding hydrogens is 252 g/mol. The van der Waals surface area contributed by atoms with Crippen molar-refractivity contribution in [1.82, 2.24) is 5.32 Å². The minimum absolute atomic E-state index is 0.00327. The summed E-state index contributed by atoms with van der Waals surface area (Å²) >= 11 is 0. The molecule has 0 aliphatic heterocycles. The van der Waals surface area contributed by atoms with Crippen molar-refractivity contribution < 1.29 is 9.90 Å². The number of benzene rings is 1. The maximum Gasteiger partial charge on any atom is 0.220 e. The molecule has 0 aromatic heterocycles. The first-order chi connectivity index (χ1) is 9.54. The minimum Gasteiger partial charge on any atom is -0.396 e. The van der Waals surface area contributed by atoms with E-state index in [1.807, 2.05) is 44.2 Å². The van der Waals surface area contributed by atoms with Gasteiger partial charge in [-0.25, -0.2) is 0 Å². The highest BCUT2D eigenvalue weighted by molar-refractivity contribution is 5.76. The summed E-state index contributed by atoms with van der Waals surface area (Å²) < 4.78 is 0. The second kappa shape index (κ2) is 8.72. The highest BCUT2D eigenvalue weighted by atomic mass is 16.3. The summed E-state index contributed by atoms with van der Waals surface area (Å²) in [6.45, 7) is 4.17. The molecule has 0 aliphatic rings. The van der Waals surface area contributed by atoms with Crippen molar-refractivity contribution >= 4 is 5.91 Å². The number of aliphatic hydroxyl groups is 1. The fourth-order valence-corrected chi connectivity index (χ4v) is 2.14. The molecule has 1 amide bonds. The summed E-state index contributed by atoms with van der Waals surface area (Å²) in [5, 5.41) is 12.0. The van der Waals surface area contributed by atoms with Crippen LogP contribution in [0.1, 0.15) is 44.7 Å². The first-order valence-electron chi connectivity index (χ1n) is 7.25. The van der Waals surface area contributed by atoms with Gasteiger partial charge in [-0.15, -0.1) is 0 Å². The number of hydrogen-bond donors (Lipinski definition) is 3. The zero-order valence-corrected chi connectivity index (χ0v) is 12.4. The van der Waals surface area contributed by atoms with Crippen LogP contribution in [0.4, 0.5) is 0 Å². The number of carbonyl (C=O) groups excluding carboxylic acids is 1. The highest BCUT2D eigenvalue weighted by Crippen LogP contribution is 2.15. The molecule has 4 heteroatoms. The molecule has 1 aromatic rings. The monoisotopic (exact) mass is 278 g/mol. The molecule has 2 atom stereocenters. The van der Waals surface area contributed by atoms with Crippen LogP contribution in [0.5, 0.6) is 0 Å². The third kappa shape index (κ3) is 5.72. The maximum absolute atomic E-state index is 11.9. The lowest BCUT2D eigenvalue weighted by Gasteiger charge is -2.22. The molecule has 1 rings (SSSR count). The lowest BCUT2D eigenvalue weighted by Crippen LogP contribution is -2.39. The van der Waals surface area contributed by atoms with Crippen molar-refractivity contribution in [3.05, 3.63) is 35.9 Å². The van der Waals surface area contributed by atoms with Crippen molar-refractivity contribution in [2.75, 3.05) is 6.61 Å². The van der Waals surface area contributed by atoms with Crippen LogP contribution in [-0.4, -0.2) is 23.7 Å². The Hall–Kier alpha value is -1.39. The lowest BCUT2D eigenvalue weighted by molar-refractivity contribution is -0.122. The van der Waals surface area contributed by atoms with Crippen molar-refractivity contribution in [1.29, 1.82) is 0 Å². The average molecular weight is 278 g/mol. The first-order valence-corrected chi connectivity index (χ1v) is 7.25. The minimum atomic E-state index is -0.114. The number of nitrogens with two attached hydrogens (primary N) is 1. The van der Waals surface area contributed by atoms with E-state index in [1.165, 1.54) is 0 Å². The molecule has 0 radical (unpaired) electrons. The molecule has 0 fully saturated rings. The second-order valence-electron chi connectivity index (χ2n) is 5.49. The first kappa shape index (κ1) is 16.7. The predicted octanol–water partition coefficient (Wildman–Crippen LogP) is 1.99. The Morgan fingerprint density at radius 2 is 1.90 bits per heavy atom. The molecule has 0 bridgehead atoms. The molecule has 0 aliphatic carbocycles. The van der Waals surface area contributed by atoms with Gasteiger partial charge in [0.15, 0.2) is 0 Å². The van der Waals surface area contributed by atoms with Crippen molar-refractivity contribution in [2.24, 2.45) is 11.7 Å². The summed E-state index contributed by atoms with van der Waals surface area (Å²) in [4.78, 5) is 11.9. The van der Waals surface area contributed by atoms with E-state index in [2.05, 4.69) is 5.32 Å². The Kier molecular flexibility index (Phi) is 7.26. The zero-order chi connectivity index (χ0) is 15.0. The molecule has 112 valence electrons. The second-order valence-corrected chi connectivity index (χ2v) is 5.49. The Bertz CT molecular complexity index is 393. The van der Waals surface area contributed by atoms with Crippen LogP contribution in [0, 0.1) is 5.92 Å². The maximum atomic E-state index is 11.9. The normalized spacial score (nSPS) is 14.1. The molecule has 20 heavy (non-hydrogen) atoms. The van der Waals surface area contributed by atoms with Crippen molar-refractivity contribution in [2.45, 2.75) is 45.2 Å². The van der Waals surface area contributed by atoms with E-state index in [9.17, 15) is 4.79 Å². The summed E-state index contributed by atoms with van der Waals surface area (Å²) in [6, 6.07) is 9.72. The SMILES string of the molecule is CC(C)C(CCO)NC(=O)CCC(N)c1ccccc1. The molecule has 0 spiro atoms. The van der Waals surface area contributed by atoms with Gasteiger partial charge in [-0.1, -0.05) is 44.2 Å². The Labute approximate surface area is 121 Å².